The molecule has 3 nitrogen and oxygen atoms in total. The lowest BCUT2D eigenvalue weighted by Crippen LogP contribution is -2.41. The van der Waals surface area contributed by atoms with Gasteiger partial charge in [-0.1, -0.05) is 17.7 Å². The molecule has 21 heavy (non-hydrogen) atoms. The van der Waals surface area contributed by atoms with Crippen LogP contribution >= 0.6 is 11.6 Å². The number of carbonyl (C=O) groups excluding carboxylic acids is 2. The van der Waals surface area contributed by atoms with Crippen molar-refractivity contribution in [2.45, 2.75) is 45.1 Å². The molecule has 2 aliphatic rings. The number of aryl methyl sites for hydroxylation is 1. The molecule has 1 heterocycles. The lowest BCUT2D eigenvalue weighted by molar-refractivity contribution is -0.121. The van der Waals surface area contributed by atoms with Crippen LogP contribution in [0.15, 0.2) is 18.2 Å². The van der Waals surface area contributed by atoms with Crippen molar-refractivity contribution >= 4 is 23.3 Å². The molecule has 112 valence electrons. The summed E-state index contributed by atoms with van der Waals surface area (Å²) in [6.07, 6.45) is 4.52. The maximum Gasteiger partial charge on any atom is 0.254 e. The van der Waals surface area contributed by atoms with Crippen LogP contribution in [0.3, 0.4) is 0 Å². The zero-order chi connectivity index (χ0) is 15.0. The molecule has 0 N–H and O–H groups in total. The summed E-state index contributed by atoms with van der Waals surface area (Å²) in [7, 11) is 0. The minimum atomic E-state index is 0.0131. The van der Waals surface area contributed by atoms with E-state index in [4.69, 9.17) is 11.6 Å². The molecule has 0 aromatic heterocycles. The molecule has 2 unspecified atom stereocenters. The van der Waals surface area contributed by atoms with Gasteiger partial charge in [0.05, 0.1) is 0 Å². The Kier molecular flexibility index (Phi) is 4.03. The summed E-state index contributed by atoms with van der Waals surface area (Å²) in [6.45, 7) is 2.67. The largest absolute Gasteiger partial charge is 0.335 e. The lowest BCUT2D eigenvalue weighted by Gasteiger charge is -2.28. The van der Waals surface area contributed by atoms with Crippen LogP contribution in [0.4, 0.5) is 0 Å². The Morgan fingerprint density at radius 3 is 2.76 bits per heavy atom. The van der Waals surface area contributed by atoms with E-state index in [0.717, 1.165) is 37.8 Å². The van der Waals surface area contributed by atoms with Gasteiger partial charge in [0, 0.05) is 35.5 Å². The summed E-state index contributed by atoms with van der Waals surface area (Å²) >= 11 is 6.13. The van der Waals surface area contributed by atoms with Crippen LogP contribution in [0.5, 0.6) is 0 Å². The van der Waals surface area contributed by atoms with E-state index in [-0.39, 0.29) is 17.9 Å². The van der Waals surface area contributed by atoms with Gasteiger partial charge < -0.3 is 4.90 Å². The summed E-state index contributed by atoms with van der Waals surface area (Å²) in [5.74, 6) is 0.401. The zero-order valence-corrected chi connectivity index (χ0v) is 13.0. The highest BCUT2D eigenvalue weighted by Gasteiger charge is 2.40. The normalized spacial score (nSPS) is 25.6. The van der Waals surface area contributed by atoms with Crippen LogP contribution in [0.25, 0.3) is 0 Å². The van der Waals surface area contributed by atoms with Crippen LogP contribution in [0.1, 0.15) is 48.0 Å². The van der Waals surface area contributed by atoms with Crippen molar-refractivity contribution in [2.75, 3.05) is 6.54 Å². The third-order valence-corrected chi connectivity index (χ3v) is 5.20. The number of nitrogens with zero attached hydrogens (tertiary/aromatic N) is 1. The number of ketones is 1. The number of hydrogen-bond donors (Lipinski definition) is 0. The van der Waals surface area contributed by atoms with Crippen molar-refractivity contribution in [3.05, 3.63) is 34.3 Å². The zero-order valence-electron chi connectivity index (χ0n) is 12.3. The van der Waals surface area contributed by atoms with E-state index in [9.17, 15) is 9.59 Å². The molecular weight excluding hydrogens is 286 g/mol. The Morgan fingerprint density at radius 2 is 2.10 bits per heavy atom. The molecule has 1 aromatic carbocycles. The van der Waals surface area contributed by atoms with Gasteiger partial charge >= 0.3 is 0 Å². The number of likely N-dealkylation sites (tertiary alicyclic amines) is 1. The third kappa shape index (κ3) is 2.71. The average Bonchev–Trinajstić information content (AvgIpc) is 3.09. The monoisotopic (exact) mass is 305 g/mol. The minimum Gasteiger partial charge on any atom is -0.335 e. The van der Waals surface area contributed by atoms with Crippen LogP contribution in [0.2, 0.25) is 5.02 Å². The molecule has 1 aromatic rings. The number of rotatable bonds is 2. The summed E-state index contributed by atoms with van der Waals surface area (Å²) in [5.41, 5.74) is 1.60. The maximum absolute atomic E-state index is 12.7. The molecule has 1 aliphatic heterocycles. The highest BCUT2D eigenvalue weighted by Crippen LogP contribution is 2.34. The number of halogens is 1. The number of benzene rings is 1. The van der Waals surface area contributed by atoms with Gasteiger partial charge in [0.25, 0.3) is 5.91 Å². The summed E-state index contributed by atoms with van der Waals surface area (Å²) in [4.78, 5) is 26.6. The number of Topliss-reactive ketones (excluding diaryl/α,β-unsaturated/α-hetero) is 1. The first-order valence-electron chi connectivity index (χ1n) is 7.68. The minimum absolute atomic E-state index is 0.0131. The number of amides is 1. The molecule has 1 saturated carbocycles. The second-order valence-corrected chi connectivity index (χ2v) is 6.54. The van der Waals surface area contributed by atoms with Gasteiger partial charge in [-0.05, 0) is 50.3 Å². The molecule has 0 spiro atoms. The van der Waals surface area contributed by atoms with Gasteiger partial charge in [0.2, 0.25) is 0 Å². The highest BCUT2D eigenvalue weighted by molar-refractivity contribution is 6.31. The Hall–Kier alpha value is -1.35. The number of hydrogen-bond acceptors (Lipinski definition) is 2. The Balaban J connectivity index is 1.82. The fourth-order valence-electron chi connectivity index (χ4n) is 3.60. The highest BCUT2D eigenvalue weighted by atomic mass is 35.5. The first-order valence-corrected chi connectivity index (χ1v) is 8.05. The summed E-state index contributed by atoms with van der Waals surface area (Å²) in [6, 6.07) is 5.54. The first-order chi connectivity index (χ1) is 10.1. The van der Waals surface area contributed by atoms with Crippen molar-refractivity contribution in [3.8, 4) is 0 Å². The molecule has 1 aliphatic carbocycles. The first kappa shape index (κ1) is 14.6. The predicted molar refractivity (Wildman–Crippen MR) is 82.6 cm³/mol. The van der Waals surface area contributed by atoms with E-state index >= 15 is 0 Å². The predicted octanol–water partition coefficient (Wildman–Crippen LogP) is 3.62. The quantitative estimate of drug-likeness (QED) is 0.837. The molecule has 1 saturated heterocycles. The molecule has 0 bridgehead atoms. The van der Waals surface area contributed by atoms with Gasteiger partial charge in [-0.15, -0.1) is 0 Å². The Bertz CT molecular complexity index is 584. The SMILES string of the molecule is Cc1ccc(C(=O)N2CCCC2C2CCCC2=O)cc1Cl. The summed E-state index contributed by atoms with van der Waals surface area (Å²) < 4.78 is 0. The fourth-order valence-corrected chi connectivity index (χ4v) is 3.78. The topological polar surface area (TPSA) is 37.4 Å². The molecule has 3 rings (SSSR count). The van der Waals surface area contributed by atoms with Crippen LogP contribution in [-0.2, 0) is 4.79 Å². The third-order valence-electron chi connectivity index (χ3n) is 4.80. The second-order valence-electron chi connectivity index (χ2n) is 6.14. The lowest BCUT2D eigenvalue weighted by atomic mass is 9.94. The van der Waals surface area contributed by atoms with Gasteiger partial charge in [-0.3, -0.25) is 9.59 Å². The molecule has 4 heteroatoms. The van der Waals surface area contributed by atoms with Crippen molar-refractivity contribution < 1.29 is 9.59 Å². The smallest absolute Gasteiger partial charge is 0.254 e. The van der Waals surface area contributed by atoms with Gasteiger partial charge in [0.15, 0.2) is 0 Å². The van der Waals surface area contributed by atoms with E-state index in [0.29, 0.717) is 22.8 Å². The Morgan fingerprint density at radius 1 is 1.29 bits per heavy atom. The average molecular weight is 306 g/mol. The van der Waals surface area contributed by atoms with E-state index in [1.54, 1.807) is 6.07 Å². The van der Waals surface area contributed by atoms with Crippen LogP contribution in [0, 0.1) is 12.8 Å². The van der Waals surface area contributed by atoms with E-state index in [1.807, 2.05) is 24.0 Å². The maximum atomic E-state index is 12.7. The molecule has 2 atom stereocenters. The summed E-state index contributed by atoms with van der Waals surface area (Å²) in [5, 5.41) is 0.619. The van der Waals surface area contributed by atoms with Crippen LogP contribution in [-0.4, -0.2) is 29.2 Å². The second kappa shape index (κ2) is 5.80. The van der Waals surface area contributed by atoms with Crippen molar-refractivity contribution in [1.82, 2.24) is 4.90 Å². The molecule has 1 amide bonds. The van der Waals surface area contributed by atoms with Gasteiger partial charge in [-0.2, -0.15) is 0 Å². The van der Waals surface area contributed by atoms with Crippen molar-refractivity contribution in [1.29, 1.82) is 0 Å². The molecule has 0 radical (unpaired) electrons. The van der Waals surface area contributed by atoms with Crippen LogP contribution < -0.4 is 0 Å². The number of carbonyl (C=O) groups is 2. The van der Waals surface area contributed by atoms with Crippen molar-refractivity contribution in [2.24, 2.45) is 5.92 Å². The van der Waals surface area contributed by atoms with Gasteiger partial charge in [0.1, 0.15) is 5.78 Å². The van der Waals surface area contributed by atoms with Crippen molar-refractivity contribution in [3.63, 3.8) is 0 Å². The standard InChI is InChI=1S/C17H20ClNO2/c1-11-7-8-12(10-14(11)18)17(21)19-9-3-5-15(19)13-4-2-6-16(13)20/h7-8,10,13,15H,2-6,9H2,1H3. The Labute approximate surface area is 130 Å². The molecular formula is C17H20ClNO2. The fraction of sp³-hybridized carbons (Fsp3) is 0.529. The van der Waals surface area contributed by atoms with E-state index in [2.05, 4.69) is 0 Å². The molecule has 2 fully saturated rings. The van der Waals surface area contributed by atoms with E-state index < -0.39 is 0 Å². The van der Waals surface area contributed by atoms with E-state index in [1.165, 1.54) is 0 Å². The van der Waals surface area contributed by atoms with Gasteiger partial charge in [-0.25, -0.2) is 0 Å².